The van der Waals surface area contributed by atoms with Crippen LogP contribution in [0.2, 0.25) is 5.02 Å². The largest absolute Gasteiger partial charge is 0.369 e. The molecule has 3 aromatic rings. The summed E-state index contributed by atoms with van der Waals surface area (Å²) >= 11 is 7.36. The summed E-state index contributed by atoms with van der Waals surface area (Å²) < 4.78 is 15.4. The van der Waals surface area contributed by atoms with E-state index in [4.69, 9.17) is 17.3 Å². The third-order valence-corrected chi connectivity index (χ3v) is 4.19. The summed E-state index contributed by atoms with van der Waals surface area (Å²) in [6.07, 6.45) is 0.726. The van der Waals surface area contributed by atoms with Gasteiger partial charge in [0.1, 0.15) is 5.82 Å². The van der Waals surface area contributed by atoms with Gasteiger partial charge in [-0.25, -0.2) is 14.4 Å². The van der Waals surface area contributed by atoms with E-state index in [1.807, 2.05) is 12.3 Å². The van der Waals surface area contributed by atoms with Crippen LogP contribution in [-0.4, -0.2) is 14.5 Å². The number of aryl methyl sites for hydroxylation is 3. The third kappa shape index (κ3) is 2.36. The summed E-state index contributed by atoms with van der Waals surface area (Å²) in [4.78, 5) is 8.60. The van der Waals surface area contributed by atoms with Crippen LogP contribution >= 0.6 is 22.9 Å². The van der Waals surface area contributed by atoms with Crippen LogP contribution in [0.4, 0.5) is 10.3 Å². The number of nitrogen functional groups attached to an aromatic ring is 1. The molecule has 20 heavy (non-hydrogen) atoms. The normalized spacial score (nSPS) is 11.3. The van der Waals surface area contributed by atoms with Crippen molar-refractivity contribution in [3.63, 3.8) is 0 Å². The Bertz CT molecular complexity index is 780. The molecule has 0 saturated carbocycles. The van der Waals surface area contributed by atoms with Gasteiger partial charge in [0.25, 0.3) is 0 Å². The number of nitrogens with zero attached hydrogens (tertiary/aromatic N) is 3. The summed E-state index contributed by atoms with van der Waals surface area (Å²) in [7, 11) is 0. The van der Waals surface area contributed by atoms with Crippen LogP contribution in [0.5, 0.6) is 0 Å². The molecule has 104 valence electrons. The van der Waals surface area contributed by atoms with E-state index in [2.05, 4.69) is 9.97 Å². The summed E-state index contributed by atoms with van der Waals surface area (Å²) in [5, 5.41) is 3.10. The van der Waals surface area contributed by atoms with E-state index in [9.17, 15) is 4.39 Å². The molecule has 0 amide bonds. The molecule has 0 aliphatic carbocycles. The fraction of sp³-hybridized carbons (Fsp3) is 0.231. The van der Waals surface area contributed by atoms with Crippen molar-refractivity contribution in [1.82, 2.24) is 14.5 Å². The Kier molecular flexibility index (Phi) is 3.35. The van der Waals surface area contributed by atoms with Crippen LogP contribution in [0.25, 0.3) is 11.0 Å². The minimum absolute atomic E-state index is 0.0530. The number of nitrogens with two attached hydrogens (primary N) is 1. The number of anilines is 1. The van der Waals surface area contributed by atoms with Crippen LogP contribution < -0.4 is 5.73 Å². The predicted octanol–water partition coefficient (Wildman–Crippen LogP) is 3.42. The number of halogens is 2. The first-order valence-corrected chi connectivity index (χ1v) is 7.32. The van der Waals surface area contributed by atoms with Gasteiger partial charge in [0, 0.05) is 24.4 Å². The highest BCUT2D eigenvalue weighted by atomic mass is 35.5. The van der Waals surface area contributed by atoms with Gasteiger partial charge in [0.05, 0.1) is 26.8 Å². The first-order valence-electron chi connectivity index (χ1n) is 6.06. The van der Waals surface area contributed by atoms with Crippen molar-refractivity contribution in [3.8, 4) is 0 Å². The second kappa shape index (κ2) is 5.03. The molecule has 0 radical (unpaired) electrons. The van der Waals surface area contributed by atoms with Crippen LogP contribution in [0.3, 0.4) is 0 Å². The molecule has 4 nitrogen and oxygen atoms in total. The number of fused-ring (bicyclic) bond motifs is 1. The lowest BCUT2D eigenvalue weighted by Crippen LogP contribution is -2.06. The number of imidazole rings is 1. The summed E-state index contributed by atoms with van der Waals surface area (Å²) in [6, 6.07) is 2.86. The SMILES string of the molecule is Cc1nc(CCn2c(N)nc3cc(Cl)c(F)cc32)cs1. The maximum atomic E-state index is 13.6. The average molecular weight is 311 g/mol. The van der Waals surface area contributed by atoms with Crippen molar-refractivity contribution < 1.29 is 4.39 Å². The number of hydrogen-bond donors (Lipinski definition) is 1. The predicted molar refractivity (Wildman–Crippen MR) is 79.7 cm³/mol. The molecule has 3 rings (SSSR count). The van der Waals surface area contributed by atoms with Gasteiger partial charge in [0.15, 0.2) is 0 Å². The Morgan fingerprint density at radius 2 is 2.20 bits per heavy atom. The summed E-state index contributed by atoms with van der Waals surface area (Å²) in [5.41, 5.74) is 8.14. The van der Waals surface area contributed by atoms with E-state index in [-0.39, 0.29) is 5.02 Å². The Hall–Kier alpha value is -1.66. The number of rotatable bonds is 3. The Labute approximate surface area is 124 Å². The molecule has 0 saturated heterocycles. The fourth-order valence-corrected chi connectivity index (χ4v) is 2.93. The van der Waals surface area contributed by atoms with Crippen molar-refractivity contribution in [2.24, 2.45) is 0 Å². The quantitative estimate of drug-likeness (QED) is 0.806. The van der Waals surface area contributed by atoms with Gasteiger partial charge in [-0.3, -0.25) is 0 Å². The zero-order valence-electron chi connectivity index (χ0n) is 10.7. The molecule has 0 atom stereocenters. The highest BCUT2D eigenvalue weighted by Crippen LogP contribution is 2.25. The highest BCUT2D eigenvalue weighted by Gasteiger charge is 2.12. The topological polar surface area (TPSA) is 56.7 Å². The standard InChI is InChI=1S/C13H12ClFN4S/c1-7-17-8(6-20-7)2-3-19-12-5-10(15)9(14)4-11(12)18-13(19)16/h4-6H,2-3H2,1H3,(H2,16,18). The Balaban J connectivity index is 1.94. The van der Waals surface area contributed by atoms with Gasteiger partial charge in [-0.2, -0.15) is 0 Å². The molecule has 2 aromatic heterocycles. The van der Waals surface area contributed by atoms with Gasteiger partial charge >= 0.3 is 0 Å². The molecule has 0 aliphatic heterocycles. The maximum absolute atomic E-state index is 13.6. The second-order valence-corrected chi connectivity index (χ2v) is 5.95. The third-order valence-electron chi connectivity index (χ3n) is 3.08. The average Bonchev–Trinajstić information content (AvgIpc) is 2.92. The minimum Gasteiger partial charge on any atom is -0.369 e. The van der Waals surface area contributed by atoms with E-state index < -0.39 is 5.82 Å². The smallest absolute Gasteiger partial charge is 0.201 e. The zero-order chi connectivity index (χ0) is 14.3. The van der Waals surface area contributed by atoms with E-state index in [0.717, 1.165) is 17.1 Å². The summed E-state index contributed by atoms with van der Waals surface area (Å²) in [5.74, 6) is -0.113. The van der Waals surface area contributed by atoms with Crippen molar-refractivity contribution >= 4 is 39.9 Å². The van der Waals surface area contributed by atoms with E-state index >= 15 is 0 Å². The zero-order valence-corrected chi connectivity index (χ0v) is 12.3. The van der Waals surface area contributed by atoms with E-state index in [1.165, 1.54) is 12.1 Å². The fourth-order valence-electron chi connectivity index (χ4n) is 2.12. The molecule has 1 aromatic carbocycles. The molecule has 2 N–H and O–H groups in total. The maximum Gasteiger partial charge on any atom is 0.201 e. The van der Waals surface area contributed by atoms with E-state index in [1.54, 1.807) is 15.9 Å². The minimum atomic E-state index is -0.468. The van der Waals surface area contributed by atoms with Crippen LogP contribution in [0.15, 0.2) is 17.5 Å². The molecule has 0 spiro atoms. The number of hydrogen-bond acceptors (Lipinski definition) is 4. The second-order valence-electron chi connectivity index (χ2n) is 4.48. The van der Waals surface area contributed by atoms with Gasteiger partial charge in [-0.1, -0.05) is 11.6 Å². The lowest BCUT2D eigenvalue weighted by atomic mass is 10.3. The van der Waals surface area contributed by atoms with Crippen LogP contribution in [0, 0.1) is 12.7 Å². The molecular formula is C13H12ClFN4S. The first-order chi connectivity index (χ1) is 9.54. The number of thiazole rings is 1. The van der Waals surface area contributed by atoms with Gasteiger partial charge < -0.3 is 10.3 Å². The van der Waals surface area contributed by atoms with E-state index in [0.29, 0.717) is 23.5 Å². The molecule has 0 unspecified atom stereocenters. The molecular weight excluding hydrogens is 299 g/mol. The molecule has 7 heteroatoms. The highest BCUT2D eigenvalue weighted by molar-refractivity contribution is 7.09. The lowest BCUT2D eigenvalue weighted by Gasteiger charge is -2.05. The van der Waals surface area contributed by atoms with Crippen molar-refractivity contribution in [3.05, 3.63) is 39.1 Å². The number of aromatic nitrogens is 3. The van der Waals surface area contributed by atoms with Crippen LogP contribution in [0.1, 0.15) is 10.7 Å². The monoisotopic (exact) mass is 310 g/mol. The van der Waals surface area contributed by atoms with Crippen molar-refractivity contribution in [1.29, 1.82) is 0 Å². The van der Waals surface area contributed by atoms with Gasteiger partial charge in [-0.15, -0.1) is 11.3 Å². The van der Waals surface area contributed by atoms with Crippen molar-refractivity contribution in [2.75, 3.05) is 5.73 Å². The van der Waals surface area contributed by atoms with Gasteiger partial charge in [-0.05, 0) is 13.0 Å². The molecule has 0 aliphatic rings. The van der Waals surface area contributed by atoms with Crippen LogP contribution in [-0.2, 0) is 13.0 Å². The first kappa shape index (κ1) is 13.3. The molecule has 0 bridgehead atoms. The Morgan fingerprint density at radius 1 is 1.40 bits per heavy atom. The summed E-state index contributed by atoms with van der Waals surface area (Å²) in [6.45, 7) is 2.57. The lowest BCUT2D eigenvalue weighted by molar-refractivity contribution is 0.628. The van der Waals surface area contributed by atoms with Crippen molar-refractivity contribution in [2.45, 2.75) is 19.9 Å². The number of benzene rings is 1. The molecule has 0 fully saturated rings. The Morgan fingerprint density at radius 3 is 2.90 bits per heavy atom. The van der Waals surface area contributed by atoms with Gasteiger partial charge in [0.2, 0.25) is 5.95 Å². The molecule has 2 heterocycles.